The Balaban J connectivity index is 1.26. The zero-order valence-corrected chi connectivity index (χ0v) is 27.9. The summed E-state index contributed by atoms with van der Waals surface area (Å²) in [5, 5.41) is 3.64. The van der Waals surface area contributed by atoms with Crippen molar-refractivity contribution in [2.75, 3.05) is 26.2 Å². The van der Waals surface area contributed by atoms with Crippen molar-refractivity contribution in [3.05, 3.63) is 83.1 Å². The predicted molar refractivity (Wildman–Crippen MR) is 187 cm³/mol. The first kappa shape index (κ1) is 30.7. The summed E-state index contributed by atoms with van der Waals surface area (Å²) in [6, 6.07) is 0.593. The minimum atomic E-state index is 0.535. The van der Waals surface area contributed by atoms with Crippen molar-refractivity contribution in [1.82, 2.24) is 10.2 Å². The van der Waals surface area contributed by atoms with Crippen molar-refractivity contribution in [3.63, 3.8) is 0 Å². The minimum Gasteiger partial charge on any atom is -0.316 e. The minimum absolute atomic E-state index is 0.535. The summed E-state index contributed by atoms with van der Waals surface area (Å²) in [7, 11) is 0. The Morgan fingerprint density at radius 3 is 2.43 bits per heavy atom. The Kier molecular flexibility index (Phi) is 9.96. The van der Waals surface area contributed by atoms with Gasteiger partial charge in [0.15, 0.2) is 0 Å². The van der Waals surface area contributed by atoms with Gasteiger partial charge in [0.25, 0.3) is 0 Å². The van der Waals surface area contributed by atoms with E-state index in [0.29, 0.717) is 23.8 Å². The van der Waals surface area contributed by atoms with Gasteiger partial charge in [0, 0.05) is 25.0 Å². The first-order valence-corrected chi connectivity index (χ1v) is 18.9. The monoisotopic (exact) mass is 592 g/mol. The Bertz CT molecular complexity index is 1220. The number of nitrogens with zero attached hydrogens (tertiary/aromatic N) is 1. The molecule has 7 rings (SSSR count). The highest BCUT2D eigenvalue weighted by Gasteiger charge is 2.40. The maximum absolute atomic E-state index is 3.64. The number of allylic oxidation sites excluding steroid dienone is 11. The van der Waals surface area contributed by atoms with Crippen LogP contribution in [0, 0.1) is 47.3 Å². The van der Waals surface area contributed by atoms with E-state index in [1.807, 2.05) is 0 Å². The zero-order chi connectivity index (χ0) is 29.9. The van der Waals surface area contributed by atoms with Crippen LogP contribution in [0.25, 0.3) is 0 Å². The molecule has 2 aliphatic heterocycles. The van der Waals surface area contributed by atoms with Crippen LogP contribution in [0.15, 0.2) is 83.1 Å². The molecule has 7 aliphatic rings. The molecule has 0 aromatic heterocycles. The second-order valence-electron chi connectivity index (χ2n) is 15.8. The average Bonchev–Trinajstić information content (AvgIpc) is 3.63. The maximum Gasteiger partial charge on any atom is 0.0312 e. The van der Waals surface area contributed by atoms with Crippen LogP contribution in [0.1, 0.15) is 97.3 Å². The average molecular weight is 593 g/mol. The predicted octanol–water partition coefficient (Wildman–Crippen LogP) is 9.76. The van der Waals surface area contributed by atoms with Gasteiger partial charge in [-0.25, -0.2) is 0 Å². The van der Waals surface area contributed by atoms with Crippen LogP contribution in [0.2, 0.25) is 0 Å². The van der Waals surface area contributed by atoms with E-state index in [-0.39, 0.29) is 0 Å². The van der Waals surface area contributed by atoms with Crippen LogP contribution in [0.4, 0.5) is 0 Å². The summed E-state index contributed by atoms with van der Waals surface area (Å²) >= 11 is 0. The van der Waals surface area contributed by atoms with E-state index in [0.717, 1.165) is 36.1 Å². The number of hydrogen-bond donors (Lipinski definition) is 1. The van der Waals surface area contributed by atoms with Gasteiger partial charge >= 0.3 is 0 Å². The van der Waals surface area contributed by atoms with Crippen molar-refractivity contribution in [1.29, 1.82) is 0 Å². The normalized spacial score (nSPS) is 43.0. The highest BCUT2D eigenvalue weighted by molar-refractivity contribution is 5.40. The molecular formula is C42H60N2. The summed E-state index contributed by atoms with van der Waals surface area (Å²) in [4.78, 5) is 3.05. The van der Waals surface area contributed by atoms with Crippen molar-refractivity contribution >= 4 is 0 Å². The summed E-state index contributed by atoms with van der Waals surface area (Å²) in [6.07, 6.45) is 42.9. The molecule has 0 aromatic carbocycles. The fourth-order valence-electron chi connectivity index (χ4n) is 10.5. The van der Waals surface area contributed by atoms with Crippen LogP contribution in [0.5, 0.6) is 0 Å². The van der Waals surface area contributed by atoms with Crippen LogP contribution in [-0.4, -0.2) is 37.1 Å². The molecule has 1 saturated heterocycles. The molecule has 44 heavy (non-hydrogen) atoms. The second-order valence-corrected chi connectivity index (χ2v) is 15.8. The lowest BCUT2D eigenvalue weighted by Gasteiger charge is -2.47. The molecule has 2 fully saturated rings. The van der Waals surface area contributed by atoms with Crippen molar-refractivity contribution in [2.45, 2.75) is 103 Å². The standard InChI is InChI=1S/C42H60N2/c1-30-19-20-37(33-23-21-32(22-24-33)36-25-26-43-27-36)28-44(42-18-10-14-34-13-6-7-16-39(34)42)29-41(35-11-4-3-5-12-35)40-17-9-8-15-38(40)31(30)2/h3-4,8-10,15,17-18,20,23,30,32,34-36,39-43H,5-7,11-14,16,19,21-22,24-29H2,1-2H3/b37-20+,38-31+. The highest BCUT2D eigenvalue weighted by atomic mass is 15.2. The van der Waals surface area contributed by atoms with E-state index >= 15 is 0 Å². The van der Waals surface area contributed by atoms with Gasteiger partial charge in [0.2, 0.25) is 0 Å². The lowest BCUT2D eigenvalue weighted by atomic mass is 9.68. The van der Waals surface area contributed by atoms with Gasteiger partial charge in [-0.15, -0.1) is 0 Å². The number of fused-ring (bicyclic) bond motifs is 2. The van der Waals surface area contributed by atoms with Gasteiger partial charge in [-0.3, -0.25) is 4.90 Å². The Labute approximate surface area is 269 Å². The summed E-state index contributed by atoms with van der Waals surface area (Å²) in [5.41, 5.74) is 6.65. The first-order chi connectivity index (χ1) is 21.7. The van der Waals surface area contributed by atoms with Crippen molar-refractivity contribution in [2.24, 2.45) is 47.3 Å². The number of rotatable bonds is 4. The number of nitrogens with one attached hydrogen (secondary N) is 1. The Hall–Kier alpha value is -1.90. The molecule has 9 unspecified atom stereocenters. The van der Waals surface area contributed by atoms with Crippen molar-refractivity contribution in [3.8, 4) is 0 Å². The molecule has 0 aromatic rings. The molecule has 9 atom stereocenters. The molecule has 0 radical (unpaired) electrons. The van der Waals surface area contributed by atoms with E-state index < -0.39 is 0 Å². The van der Waals surface area contributed by atoms with E-state index in [9.17, 15) is 0 Å². The molecule has 2 nitrogen and oxygen atoms in total. The summed E-state index contributed by atoms with van der Waals surface area (Å²) in [5.74, 6) is 6.05. The summed E-state index contributed by atoms with van der Waals surface area (Å²) in [6.45, 7) is 9.81. The van der Waals surface area contributed by atoms with Crippen LogP contribution >= 0.6 is 0 Å². The third-order valence-electron chi connectivity index (χ3n) is 13.4. The molecule has 0 bridgehead atoms. The molecule has 238 valence electrons. The smallest absolute Gasteiger partial charge is 0.0312 e. The lowest BCUT2D eigenvalue weighted by molar-refractivity contribution is 0.0755. The maximum atomic E-state index is 3.64. The molecule has 1 N–H and O–H groups in total. The molecule has 0 spiro atoms. The van der Waals surface area contributed by atoms with E-state index in [1.54, 1.807) is 22.3 Å². The molecule has 0 amide bonds. The quantitative estimate of drug-likeness (QED) is 0.327. The number of hydrogen-bond acceptors (Lipinski definition) is 2. The second kappa shape index (κ2) is 14.3. The SMILES string of the molecule is C/C1=C2/C=CC=CC2C(C2CC=CCC2)CN(C2C=CCC3CCCCC32)C/C(C2=CCC(C3CCNC3)CC2)=C\CC1C. The van der Waals surface area contributed by atoms with E-state index in [4.69, 9.17) is 0 Å². The highest BCUT2D eigenvalue weighted by Crippen LogP contribution is 2.45. The van der Waals surface area contributed by atoms with Gasteiger partial charge < -0.3 is 5.32 Å². The third kappa shape index (κ3) is 6.64. The topological polar surface area (TPSA) is 15.3 Å². The fourth-order valence-corrected chi connectivity index (χ4v) is 10.5. The zero-order valence-electron chi connectivity index (χ0n) is 27.9. The summed E-state index contributed by atoms with van der Waals surface area (Å²) < 4.78 is 0. The van der Waals surface area contributed by atoms with Gasteiger partial charge in [0.1, 0.15) is 0 Å². The Morgan fingerprint density at radius 2 is 1.61 bits per heavy atom. The van der Waals surface area contributed by atoms with Gasteiger partial charge in [-0.1, -0.05) is 86.1 Å². The largest absolute Gasteiger partial charge is 0.316 e. The van der Waals surface area contributed by atoms with E-state index in [2.05, 4.69) is 84.8 Å². The van der Waals surface area contributed by atoms with Gasteiger partial charge in [-0.2, -0.15) is 0 Å². The lowest BCUT2D eigenvalue weighted by Crippen LogP contribution is -2.49. The van der Waals surface area contributed by atoms with E-state index in [1.165, 1.54) is 103 Å². The molecule has 5 aliphatic carbocycles. The molecule has 1 saturated carbocycles. The fraction of sp³-hybridized carbons (Fsp3) is 0.667. The first-order valence-electron chi connectivity index (χ1n) is 18.9. The molecule has 2 heterocycles. The van der Waals surface area contributed by atoms with Crippen LogP contribution < -0.4 is 5.32 Å². The molecule has 2 heteroatoms. The van der Waals surface area contributed by atoms with Crippen LogP contribution in [0.3, 0.4) is 0 Å². The van der Waals surface area contributed by atoms with Crippen molar-refractivity contribution < 1.29 is 0 Å². The molecular weight excluding hydrogens is 532 g/mol. The van der Waals surface area contributed by atoms with Crippen LogP contribution in [-0.2, 0) is 0 Å². The van der Waals surface area contributed by atoms with Gasteiger partial charge in [0.05, 0.1) is 0 Å². The van der Waals surface area contributed by atoms with Gasteiger partial charge in [-0.05, 0) is 149 Å². The third-order valence-corrected chi connectivity index (χ3v) is 13.4. The Morgan fingerprint density at radius 1 is 0.750 bits per heavy atom.